The highest BCUT2D eigenvalue weighted by Crippen LogP contribution is 2.33. The van der Waals surface area contributed by atoms with Gasteiger partial charge in [0.15, 0.2) is 11.5 Å². The molecule has 1 fully saturated rings. The number of nitrogens with zero attached hydrogens (tertiary/aromatic N) is 1. The van der Waals surface area contributed by atoms with E-state index in [0.29, 0.717) is 26.3 Å². The van der Waals surface area contributed by atoms with Gasteiger partial charge in [-0.3, -0.25) is 4.79 Å². The van der Waals surface area contributed by atoms with Gasteiger partial charge in [0, 0.05) is 26.1 Å². The van der Waals surface area contributed by atoms with Crippen molar-refractivity contribution in [3.63, 3.8) is 0 Å². The molecule has 3 heterocycles. The summed E-state index contributed by atoms with van der Waals surface area (Å²) in [5, 5.41) is 0. The summed E-state index contributed by atoms with van der Waals surface area (Å²) in [7, 11) is 0. The first-order valence-corrected chi connectivity index (χ1v) is 9.76. The number of carbonyl (C=O) groups is 1. The lowest BCUT2D eigenvalue weighted by Gasteiger charge is -2.26. The van der Waals surface area contributed by atoms with Crippen LogP contribution in [0.15, 0.2) is 36.4 Å². The topological polar surface area (TPSA) is 57.2 Å². The Kier molecular flexibility index (Phi) is 4.56. The van der Waals surface area contributed by atoms with Crippen molar-refractivity contribution in [3.05, 3.63) is 53.1 Å². The molecule has 0 radical (unpaired) electrons. The van der Waals surface area contributed by atoms with E-state index in [9.17, 15) is 4.79 Å². The van der Waals surface area contributed by atoms with Gasteiger partial charge in [-0.05, 0) is 41.3 Å². The molecule has 2 aromatic rings. The highest BCUT2D eigenvalue weighted by Gasteiger charge is 2.29. The fourth-order valence-electron chi connectivity index (χ4n) is 4.02. The first kappa shape index (κ1) is 17.4. The summed E-state index contributed by atoms with van der Waals surface area (Å²) >= 11 is 0. The van der Waals surface area contributed by atoms with Crippen molar-refractivity contribution in [2.24, 2.45) is 5.92 Å². The summed E-state index contributed by atoms with van der Waals surface area (Å²) in [5.74, 6) is 2.54. The third-order valence-corrected chi connectivity index (χ3v) is 5.53. The van der Waals surface area contributed by atoms with E-state index < -0.39 is 0 Å². The number of rotatable bonds is 5. The SMILES string of the molecule is O=C([C@@H]1CCOC1)N(Cc1ccc2c(c1)CCO2)Cc1ccc2c(c1)OCO2. The van der Waals surface area contributed by atoms with Crippen molar-refractivity contribution in [3.8, 4) is 17.2 Å². The number of hydrogen-bond donors (Lipinski definition) is 0. The average Bonchev–Trinajstić information content (AvgIpc) is 3.47. The summed E-state index contributed by atoms with van der Waals surface area (Å²) in [4.78, 5) is 15.1. The minimum Gasteiger partial charge on any atom is -0.493 e. The molecule has 5 rings (SSSR count). The minimum atomic E-state index is -0.0632. The van der Waals surface area contributed by atoms with Gasteiger partial charge in [0.1, 0.15) is 5.75 Å². The maximum atomic E-state index is 13.2. The largest absolute Gasteiger partial charge is 0.493 e. The second-order valence-electron chi connectivity index (χ2n) is 7.48. The monoisotopic (exact) mass is 381 g/mol. The third kappa shape index (κ3) is 3.40. The zero-order valence-corrected chi connectivity index (χ0v) is 15.7. The zero-order valence-electron chi connectivity index (χ0n) is 15.7. The smallest absolute Gasteiger partial charge is 0.231 e. The fourth-order valence-corrected chi connectivity index (χ4v) is 4.02. The van der Waals surface area contributed by atoms with E-state index >= 15 is 0 Å². The second kappa shape index (κ2) is 7.36. The Hall–Kier alpha value is -2.73. The standard InChI is InChI=1S/C22H23NO5/c24-22(18-5-7-25-13-18)23(11-15-1-3-19-17(9-15)6-8-26-19)12-16-2-4-20-21(10-16)28-14-27-20/h1-4,9-10,18H,5-8,11-14H2/t18-/m1/s1. The molecule has 1 amide bonds. The quantitative estimate of drug-likeness (QED) is 0.797. The Morgan fingerprint density at radius 1 is 0.929 bits per heavy atom. The van der Waals surface area contributed by atoms with Crippen LogP contribution in [0.4, 0.5) is 0 Å². The fraction of sp³-hybridized carbons (Fsp3) is 0.409. The molecule has 0 unspecified atom stereocenters. The van der Waals surface area contributed by atoms with Crippen molar-refractivity contribution in [1.29, 1.82) is 0 Å². The third-order valence-electron chi connectivity index (χ3n) is 5.53. The molecule has 0 aliphatic carbocycles. The predicted molar refractivity (Wildman–Crippen MR) is 101 cm³/mol. The van der Waals surface area contributed by atoms with Crippen LogP contribution in [0.25, 0.3) is 0 Å². The van der Waals surface area contributed by atoms with Crippen LogP contribution < -0.4 is 14.2 Å². The van der Waals surface area contributed by atoms with E-state index in [-0.39, 0.29) is 18.6 Å². The first-order chi connectivity index (χ1) is 13.8. The first-order valence-electron chi connectivity index (χ1n) is 9.76. The van der Waals surface area contributed by atoms with Gasteiger partial charge in [-0.25, -0.2) is 0 Å². The van der Waals surface area contributed by atoms with Gasteiger partial charge in [0.05, 0.1) is 19.1 Å². The molecule has 3 aliphatic rings. The summed E-state index contributed by atoms with van der Waals surface area (Å²) in [6, 6.07) is 12.1. The summed E-state index contributed by atoms with van der Waals surface area (Å²) in [6.45, 7) is 3.24. The van der Waals surface area contributed by atoms with Crippen molar-refractivity contribution in [2.45, 2.75) is 25.9 Å². The maximum Gasteiger partial charge on any atom is 0.231 e. The maximum absolute atomic E-state index is 13.2. The average molecular weight is 381 g/mol. The number of ether oxygens (including phenoxy) is 4. The van der Waals surface area contributed by atoms with Gasteiger partial charge in [0.2, 0.25) is 12.7 Å². The van der Waals surface area contributed by atoms with Gasteiger partial charge in [-0.2, -0.15) is 0 Å². The van der Waals surface area contributed by atoms with Crippen LogP contribution in [0, 0.1) is 5.92 Å². The van der Waals surface area contributed by atoms with Crippen molar-refractivity contribution < 1.29 is 23.7 Å². The molecule has 0 spiro atoms. The summed E-state index contributed by atoms with van der Waals surface area (Å²) in [5.41, 5.74) is 3.37. The lowest BCUT2D eigenvalue weighted by molar-refractivity contribution is -0.136. The Balaban J connectivity index is 1.38. The van der Waals surface area contributed by atoms with Gasteiger partial charge in [-0.15, -0.1) is 0 Å². The molecule has 146 valence electrons. The molecule has 1 atom stereocenters. The highest BCUT2D eigenvalue weighted by atomic mass is 16.7. The van der Waals surface area contributed by atoms with Crippen LogP contribution in [0.3, 0.4) is 0 Å². The molecule has 6 nitrogen and oxygen atoms in total. The second-order valence-corrected chi connectivity index (χ2v) is 7.48. The predicted octanol–water partition coefficient (Wildman–Crippen LogP) is 2.92. The normalized spacial score (nSPS) is 19.4. The van der Waals surface area contributed by atoms with E-state index in [4.69, 9.17) is 18.9 Å². The highest BCUT2D eigenvalue weighted by molar-refractivity contribution is 5.79. The van der Waals surface area contributed by atoms with Crippen LogP contribution >= 0.6 is 0 Å². The van der Waals surface area contributed by atoms with Crippen LogP contribution in [-0.4, -0.2) is 37.4 Å². The molecule has 0 bridgehead atoms. The van der Waals surface area contributed by atoms with Crippen LogP contribution in [0.5, 0.6) is 17.2 Å². The van der Waals surface area contributed by atoms with E-state index in [0.717, 1.165) is 47.8 Å². The van der Waals surface area contributed by atoms with Crippen molar-refractivity contribution >= 4 is 5.91 Å². The van der Waals surface area contributed by atoms with E-state index in [1.54, 1.807) is 0 Å². The molecular formula is C22H23NO5. The molecule has 1 saturated heterocycles. The molecule has 28 heavy (non-hydrogen) atoms. The van der Waals surface area contributed by atoms with Crippen LogP contribution in [0.2, 0.25) is 0 Å². The van der Waals surface area contributed by atoms with Gasteiger partial charge in [-0.1, -0.05) is 18.2 Å². The summed E-state index contributed by atoms with van der Waals surface area (Å²) in [6.07, 6.45) is 1.71. The van der Waals surface area contributed by atoms with Crippen molar-refractivity contribution in [1.82, 2.24) is 4.90 Å². The molecule has 2 aromatic carbocycles. The van der Waals surface area contributed by atoms with Gasteiger partial charge >= 0.3 is 0 Å². The van der Waals surface area contributed by atoms with E-state index in [1.807, 2.05) is 29.2 Å². The summed E-state index contributed by atoms with van der Waals surface area (Å²) < 4.78 is 21.9. The lowest BCUT2D eigenvalue weighted by atomic mass is 10.0. The van der Waals surface area contributed by atoms with E-state index in [2.05, 4.69) is 12.1 Å². The number of amides is 1. The van der Waals surface area contributed by atoms with Crippen LogP contribution in [-0.2, 0) is 29.0 Å². The Morgan fingerprint density at radius 3 is 2.54 bits per heavy atom. The molecule has 0 aromatic heterocycles. The van der Waals surface area contributed by atoms with Gasteiger partial charge in [0.25, 0.3) is 0 Å². The van der Waals surface area contributed by atoms with E-state index in [1.165, 1.54) is 5.56 Å². The molecule has 3 aliphatic heterocycles. The molecular weight excluding hydrogens is 358 g/mol. The number of fused-ring (bicyclic) bond motifs is 2. The zero-order chi connectivity index (χ0) is 18.9. The lowest BCUT2D eigenvalue weighted by Crippen LogP contribution is -2.35. The number of benzene rings is 2. The Morgan fingerprint density at radius 2 is 1.71 bits per heavy atom. The Labute approximate surface area is 163 Å². The number of hydrogen-bond acceptors (Lipinski definition) is 5. The van der Waals surface area contributed by atoms with Gasteiger partial charge < -0.3 is 23.8 Å². The van der Waals surface area contributed by atoms with Crippen molar-refractivity contribution in [2.75, 3.05) is 26.6 Å². The number of carbonyl (C=O) groups excluding carboxylic acids is 1. The molecule has 0 saturated carbocycles. The molecule has 0 N–H and O–H groups in total. The minimum absolute atomic E-state index is 0.0632. The van der Waals surface area contributed by atoms with Crippen LogP contribution in [0.1, 0.15) is 23.1 Å². The Bertz CT molecular complexity index is 831. The molecule has 6 heteroatoms.